The molecule has 2 aromatic heterocycles. The molecule has 0 radical (unpaired) electrons. The van der Waals surface area contributed by atoms with Crippen molar-refractivity contribution in [2.45, 2.75) is 51.2 Å². The van der Waals surface area contributed by atoms with Crippen LogP contribution in [-0.4, -0.2) is 48.9 Å². The van der Waals surface area contributed by atoms with E-state index in [9.17, 15) is 4.79 Å². The fourth-order valence-electron chi connectivity index (χ4n) is 4.38. The van der Waals surface area contributed by atoms with Gasteiger partial charge in [-0.2, -0.15) is 0 Å². The zero-order chi connectivity index (χ0) is 18.1. The number of hydrogen-bond donors (Lipinski definition) is 0. The molecule has 0 aromatic carbocycles. The minimum Gasteiger partial charge on any atom is -0.337 e. The third-order valence-electron chi connectivity index (χ3n) is 6.02. The second-order valence-electron chi connectivity index (χ2n) is 7.71. The van der Waals surface area contributed by atoms with Gasteiger partial charge in [0.25, 0.3) is 0 Å². The zero-order valence-corrected chi connectivity index (χ0v) is 15.7. The lowest BCUT2D eigenvalue weighted by Crippen LogP contribution is -2.52. The van der Waals surface area contributed by atoms with Crippen LogP contribution < -0.4 is 0 Å². The highest BCUT2D eigenvalue weighted by atomic mass is 16.2. The van der Waals surface area contributed by atoms with Gasteiger partial charge in [0.05, 0.1) is 18.8 Å². The lowest BCUT2D eigenvalue weighted by atomic mass is 9.85. The summed E-state index contributed by atoms with van der Waals surface area (Å²) in [5.41, 5.74) is 2.02. The highest BCUT2D eigenvalue weighted by Crippen LogP contribution is 2.40. The number of imidazole rings is 1. The van der Waals surface area contributed by atoms with E-state index in [1.165, 1.54) is 0 Å². The number of pyridine rings is 1. The van der Waals surface area contributed by atoms with Crippen molar-refractivity contribution >= 4 is 5.91 Å². The maximum Gasteiger partial charge on any atom is 0.223 e. The van der Waals surface area contributed by atoms with Crippen LogP contribution in [0.4, 0.5) is 0 Å². The number of piperidine rings is 1. The number of hydrogen-bond acceptors (Lipinski definition) is 4. The average Bonchev–Trinajstić information content (AvgIpc) is 3.16. The van der Waals surface area contributed by atoms with Crippen molar-refractivity contribution in [2.75, 3.05) is 13.1 Å². The first-order chi connectivity index (χ1) is 12.6. The molecule has 4 rings (SSSR count). The minimum absolute atomic E-state index is 0.0145. The summed E-state index contributed by atoms with van der Waals surface area (Å²) in [5, 5.41) is 0. The molecule has 1 amide bonds. The standard InChI is InChI=1S/C20H27N5O/c1-16-4-3-5-17(22-16)14-25-19(26)6-7-20(25)8-11-24(12-9-20)15-18-21-10-13-23(18)2/h3-5,10,13H,6-9,11-12,14-15H2,1-2H3. The fourth-order valence-corrected chi connectivity index (χ4v) is 4.38. The van der Waals surface area contributed by atoms with Crippen LogP contribution in [0.2, 0.25) is 0 Å². The van der Waals surface area contributed by atoms with Crippen molar-refractivity contribution < 1.29 is 4.79 Å². The van der Waals surface area contributed by atoms with Gasteiger partial charge >= 0.3 is 0 Å². The van der Waals surface area contributed by atoms with E-state index in [1.807, 2.05) is 44.6 Å². The Morgan fingerprint density at radius 2 is 1.96 bits per heavy atom. The molecule has 0 atom stereocenters. The normalized spacial score (nSPS) is 20.2. The molecule has 138 valence electrons. The summed E-state index contributed by atoms with van der Waals surface area (Å²) < 4.78 is 2.08. The molecule has 0 aliphatic carbocycles. The molecule has 2 aliphatic heterocycles. The smallest absolute Gasteiger partial charge is 0.223 e. The summed E-state index contributed by atoms with van der Waals surface area (Å²) in [5.74, 6) is 1.38. The maximum absolute atomic E-state index is 12.6. The lowest BCUT2D eigenvalue weighted by molar-refractivity contribution is -0.133. The van der Waals surface area contributed by atoms with E-state index in [2.05, 4.69) is 24.3 Å². The quantitative estimate of drug-likeness (QED) is 0.846. The Morgan fingerprint density at radius 1 is 1.15 bits per heavy atom. The van der Waals surface area contributed by atoms with Gasteiger partial charge in [0.1, 0.15) is 5.82 Å². The monoisotopic (exact) mass is 353 g/mol. The van der Waals surface area contributed by atoms with Crippen molar-refractivity contribution in [2.24, 2.45) is 7.05 Å². The number of rotatable bonds is 4. The highest BCUT2D eigenvalue weighted by Gasteiger charge is 2.46. The Kier molecular flexibility index (Phi) is 4.53. The third kappa shape index (κ3) is 3.26. The number of amides is 1. The van der Waals surface area contributed by atoms with Gasteiger partial charge in [0.15, 0.2) is 0 Å². The van der Waals surface area contributed by atoms with Crippen LogP contribution >= 0.6 is 0 Å². The Labute approximate surface area is 154 Å². The predicted octanol–water partition coefficient (Wildman–Crippen LogP) is 2.28. The lowest BCUT2D eigenvalue weighted by Gasteiger charge is -2.45. The minimum atomic E-state index is 0.0145. The second kappa shape index (κ2) is 6.83. The molecule has 4 heterocycles. The number of carbonyl (C=O) groups excluding carboxylic acids is 1. The molecule has 1 spiro atoms. The molecule has 2 aliphatic rings. The molecule has 0 saturated carbocycles. The van der Waals surface area contributed by atoms with Crippen molar-refractivity contribution in [3.05, 3.63) is 47.8 Å². The van der Waals surface area contributed by atoms with Gasteiger partial charge in [0.2, 0.25) is 5.91 Å². The van der Waals surface area contributed by atoms with Crippen molar-refractivity contribution in [3.8, 4) is 0 Å². The molecular weight excluding hydrogens is 326 g/mol. The molecule has 0 N–H and O–H groups in total. The molecule has 0 unspecified atom stereocenters. The van der Waals surface area contributed by atoms with E-state index in [-0.39, 0.29) is 11.4 Å². The Bertz CT molecular complexity index is 791. The van der Waals surface area contributed by atoms with Crippen LogP contribution in [0.5, 0.6) is 0 Å². The van der Waals surface area contributed by atoms with Gasteiger partial charge in [-0.15, -0.1) is 0 Å². The summed E-state index contributed by atoms with van der Waals surface area (Å²) in [6.07, 6.45) is 7.57. The van der Waals surface area contributed by atoms with E-state index in [0.29, 0.717) is 13.0 Å². The number of likely N-dealkylation sites (tertiary alicyclic amines) is 2. The molecule has 6 nitrogen and oxygen atoms in total. The first kappa shape index (κ1) is 17.2. The van der Waals surface area contributed by atoms with Gasteiger partial charge in [-0.25, -0.2) is 4.98 Å². The number of nitrogens with zero attached hydrogens (tertiary/aromatic N) is 5. The van der Waals surface area contributed by atoms with Crippen LogP contribution in [0.1, 0.15) is 42.9 Å². The molecular formula is C20H27N5O. The largest absolute Gasteiger partial charge is 0.337 e. The van der Waals surface area contributed by atoms with E-state index < -0.39 is 0 Å². The Balaban J connectivity index is 1.44. The SMILES string of the molecule is Cc1cccc(CN2C(=O)CCC23CCN(Cc2nccn2C)CC3)n1. The number of aryl methyl sites for hydroxylation is 2. The number of aromatic nitrogens is 3. The van der Waals surface area contributed by atoms with Crippen LogP contribution in [0.25, 0.3) is 0 Å². The Hall–Kier alpha value is -2.21. The van der Waals surface area contributed by atoms with Crippen LogP contribution in [-0.2, 0) is 24.9 Å². The zero-order valence-electron chi connectivity index (χ0n) is 15.7. The topological polar surface area (TPSA) is 54.3 Å². The molecule has 6 heteroatoms. The molecule has 0 bridgehead atoms. The maximum atomic E-state index is 12.6. The van der Waals surface area contributed by atoms with E-state index in [4.69, 9.17) is 0 Å². The summed E-state index contributed by atoms with van der Waals surface area (Å²) in [6, 6.07) is 6.06. The van der Waals surface area contributed by atoms with Gasteiger partial charge in [-0.1, -0.05) is 6.07 Å². The van der Waals surface area contributed by atoms with Gasteiger partial charge in [-0.05, 0) is 38.3 Å². The van der Waals surface area contributed by atoms with E-state index in [1.54, 1.807) is 0 Å². The summed E-state index contributed by atoms with van der Waals surface area (Å²) in [6.45, 7) is 5.55. The molecule has 2 aromatic rings. The number of carbonyl (C=O) groups is 1. The third-order valence-corrected chi connectivity index (χ3v) is 6.02. The predicted molar refractivity (Wildman–Crippen MR) is 99.2 cm³/mol. The van der Waals surface area contributed by atoms with E-state index in [0.717, 1.165) is 56.1 Å². The summed E-state index contributed by atoms with van der Waals surface area (Å²) in [4.78, 5) is 26.2. The van der Waals surface area contributed by atoms with Crippen LogP contribution in [0.15, 0.2) is 30.6 Å². The van der Waals surface area contributed by atoms with Crippen molar-refractivity contribution in [1.29, 1.82) is 0 Å². The highest BCUT2D eigenvalue weighted by molar-refractivity contribution is 5.79. The van der Waals surface area contributed by atoms with E-state index >= 15 is 0 Å². The molecule has 2 saturated heterocycles. The van der Waals surface area contributed by atoms with Gasteiger partial charge < -0.3 is 9.47 Å². The Morgan fingerprint density at radius 3 is 2.65 bits per heavy atom. The van der Waals surface area contributed by atoms with Crippen molar-refractivity contribution in [1.82, 2.24) is 24.3 Å². The first-order valence-corrected chi connectivity index (χ1v) is 9.47. The fraction of sp³-hybridized carbons (Fsp3) is 0.550. The van der Waals surface area contributed by atoms with Gasteiger partial charge in [-0.3, -0.25) is 14.7 Å². The van der Waals surface area contributed by atoms with Crippen molar-refractivity contribution in [3.63, 3.8) is 0 Å². The first-order valence-electron chi connectivity index (χ1n) is 9.47. The van der Waals surface area contributed by atoms with Crippen LogP contribution in [0.3, 0.4) is 0 Å². The van der Waals surface area contributed by atoms with Crippen LogP contribution in [0, 0.1) is 6.92 Å². The molecule has 26 heavy (non-hydrogen) atoms. The van der Waals surface area contributed by atoms with Gasteiger partial charge in [0, 0.05) is 50.2 Å². The average molecular weight is 353 g/mol. The second-order valence-corrected chi connectivity index (χ2v) is 7.71. The summed E-state index contributed by atoms with van der Waals surface area (Å²) in [7, 11) is 2.04. The summed E-state index contributed by atoms with van der Waals surface area (Å²) >= 11 is 0. The molecule has 2 fully saturated rings.